The third-order valence-electron chi connectivity index (χ3n) is 5.36. The predicted molar refractivity (Wildman–Crippen MR) is 103 cm³/mol. The van der Waals surface area contributed by atoms with E-state index in [2.05, 4.69) is 9.97 Å². The number of aromatic nitrogens is 2. The summed E-state index contributed by atoms with van der Waals surface area (Å²) in [6.45, 7) is 3.55. The molecular weight excluding hydrogens is 328 g/mol. The van der Waals surface area contributed by atoms with Crippen molar-refractivity contribution < 1.29 is 4.79 Å². The molecule has 3 rings (SSSR count). The van der Waals surface area contributed by atoms with E-state index in [1.807, 2.05) is 42.0 Å². The van der Waals surface area contributed by atoms with Crippen LogP contribution in [0.5, 0.6) is 0 Å². The normalized spacial score (nSPS) is 15.5. The van der Waals surface area contributed by atoms with Gasteiger partial charge in [0.15, 0.2) is 0 Å². The number of carbonyl (C=O) groups excluding carboxylic acids is 1. The second-order valence-electron chi connectivity index (χ2n) is 7.13. The fraction of sp³-hybridized carbons (Fsp3) is 0.550. The van der Waals surface area contributed by atoms with Crippen LogP contribution >= 0.6 is 0 Å². The minimum Gasteiger partial charge on any atom is -0.342 e. The number of likely N-dealkylation sites (N-methyl/N-ethyl adjacent to an activating group) is 2. The number of nitrogens with zero attached hydrogens (tertiary/aromatic N) is 3. The zero-order valence-corrected chi connectivity index (χ0v) is 15.7. The molecule has 0 saturated heterocycles. The molecule has 1 N–H and O–H groups in total. The second-order valence-corrected chi connectivity index (χ2v) is 7.13. The summed E-state index contributed by atoms with van der Waals surface area (Å²) in [5, 5.41) is 0.590. The molecule has 6 nitrogen and oxygen atoms in total. The van der Waals surface area contributed by atoms with Gasteiger partial charge in [-0.2, -0.15) is 0 Å². The molecule has 1 saturated carbocycles. The molecule has 1 aromatic carbocycles. The van der Waals surface area contributed by atoms with Crippen molar-refractivity contribution in [2.45, 2.75) is 51.6 Å². The monoisotopic (exact) mass is 356 g/mol. The molecule has 1 aliphatic carbocycles. The van der Waals surface area contributed by atoms with Gasteiger partial charge < -0.3 is 9.88 Å². The van der Waals surface area contributed by atoms with Crippen molar-refractivity contribution in [1.82, 2.24) is 19.8 Å². The number of hydrogen-bond acceptors (Lipinski definition) is 4. The first kappa shape index (κ1) is 18.6. The van der Waals surface area contributed by atoms with Crippen molar-refractivity contribution >= 4 is 16.8 Å². The van der Waals surface area contributed by atoms with Crippen LogP contribution in [0.2, 0.25) is 0 Å². The fourth-order valence-corrected chi connectivity index (χ4v) is 3.68. The van der Waals surface area contributed by atoms with Crippen molar-refractivity contribution in [3.63, 3.8) is 0 Å². The molecule has 0 unspecified atom stereocenters. The Balaban J connectivity index is 1.67. The fourth-order valence-electron chi connectivity index (χ4n) is 3.68. The first-order valence-electron chi connectivity index (χ1n) is 9.54. The maximum Gasteiger partial charge on any atom is 0.258 e. The van der Waals surface area contributed by atoms with Crippen LogP contribution in [-0.2, 0) is 11.3 Å². The van der Waals surface area contributed by atoms with Gasteiger partial charge in [-0.3, -0.25) is 14.5 Å². The minimum atomic E-state index is -0.132. The lowest BCUT2D eigenvalue weighted by atomic mass is 9.94. The second kappa shape index (κ2) is 8.45. The van der Waals surface area contributed by atoms with Gasteiger partial charge in [-0.25, -0.2) is 4.98 Å². The van der Waals surface area contributed by atoms with Gasteiger partial charge in [0, 0.05) is 13.1 Å². The van der Waals surface area contributed by atoms with Gasteiger partial charge in [0.25, 0.3) is 5.56 Å². The highest BCUT2D eigenvalue weighted by Crippen LogP contribution is 2.21. The van der Waals surface area contributed by atoms with E-state index in [0.717, 1.165) is 19.4 Å². The molecule has 0 radical (unpaired) electrons. The van der Waals surface area contributed by atoms with Crippen LogP contribution in [0.3, 0.4) is 0 Å². The SMILES string of the molecule is CCN(CC(=O)N(C)C1CCCCC1)Cc1nc2ccccc2c(=O)[nH]1. The van der Waals surface area contributed by atoms with E-state index in [4.69, 9.17) is 0 Å². The number of hydrogen-bond donors (Lipinski definition) is 1. The average Bonchev–Trinajstić information content (AvgIpc) is 2.67. The Morgan fingerprint density at radius 3 is 2.69 bits per heavy atom. The smallest absolute Gasteiger partial charge is 0.258 e. The number of benzene rings is 1. The molecule has 0 aliphatic heterocycles. The van der Waals surface area contributed by atoms with Gasteiger partial charge >= 0.3 is 0 Å². The van der Waals surface area contributed by atoms with E-state index in [9.17, 15) is 9.59 Å². The molecule has 0 spiro atoms. The van der Waals surface area contributed by atoms with E-state index in [0.29, 0.717) is 35.9 Å². The maximum absolute atomic E-state index is 12.7. The third-order valence-corrected chi connectivity index (χ3v) is 5.36. The Morgan fingerprint density at radius 2 is 1.96 bits per heavy atom. The van der Waals surface area contributed by atoms with Crippen LogP contribution in [0.15, 0.2) is 29.1 Å². The molecule has 1 aliphatic rings. The van der Waals surface area contributed by atoms with Crippen LogP contribution < -0.4 is 5.56 Å². The summed E-state index contributed by atoms with van der Waals surface area (Å²) < 4.78 is 0. The highest BCUT2D eigenvalue weighted by atomic mass is 16.2. The number of amides is 1. The quantitative estimate of drug-likeness (QED) is 0.863. The zero-order chi connectivity index (χ0) is 18.5. The molecule has 26 heavy (non-hydrogen) atoms. The summed E-state index contributed by atoms with van der Waals surface area (Å²) in [6, 6.07) is 7.68. The summed E-state index contributed by atoms with van der Waals surface area (Å²) in [5.74, 6) is 0.741. The lowest BCUT2D eigenvalue weighted by molar-refractivity contribution is -0.133. The van der Waals surface area contributed by atoms with Crippen LogP contribution in [0.25, 0.3) is 10.9 Å². The molecule has 1 aromatic heterocycles. The number of fused-ring (bicyclic) bond motifs is 1. The van der Waals surface area contributed by atoms with Crippen LogP contribution in [0, 0.1) is 0 Å². The van der Waals surface area contributed by atoms with E-state index in [1.165, 1.54) is 19.3 Å². The molecular formula is C20H28N4O2. The van der Waals surface area contributed by atoms with Crippen molar-refractivity contribution in [1.29, 1.82) is 0 Å². The van der Waals surface area contributed by atoms with Gasteiger partial charge in [0.1, 0.15) is 5.82 Å². The summed E-state index contributed by atoms with van der Waals surface area (Å²) >= 11 is 0. The van der Waals surface area contributed by atoms with Crippen LogP contribution in [0.4, 0.5) is 0 Å². The number of para-hydroxylation sites is 1. The van der Waals surface area contributed by atoms with Crippen molar-refractivity contribution in [3.05, 3.63) is 40.4 Å². The molecule has 1 fully saturated rings. The third kappa shape index (κ3) is 4.30. The van der Waals surface area contributed by atoms with Crippen molar-refractivity contribution in [2.75, 3.05) is 20.1 Å². The lowest BCUT2D eigenvalue weighted by Crippen LogP contribution is -2.44. The summed E-state index contributed by atoms with van der Waals surface area (Å²) in [5.41, 5.74) is 0.556. The van der Waals surface area contributed by atoms with Gasteiger partial charge in [0.2, 0.25) is 5.91 Å². The van der Waals surface area contributed by atoms with Gasteiger partial charge in [-0.1, -0.05) is 38.3 Å². The highest BCUT2D eigenvalue weighted by molar-refractivity contribution is 5.78. The Morgan fingerprint density at radius 1 is 1.23 bits per heavy atom. The lowest BCUT2D eigenvalue weighted by Gasteiger charge is -2.32. The minimum absolute atomic E-state index is 0.132. The molecule has 0 atom stereocenters. The molecule has 140 valence electrons. The Labute approximate surface area is 154 Å². The Kier molecular flexibility index (Phi) is 6.04. The van der Waals surface area contributed by atoms with Crippen LogP contribution in [-0.4, -0.2) is 51.9 Å². The first-order chi connectivity index (χ1) is 12.6. The summed E-state index contributed by atoms with van der Waals surface area (Å²) in [6.07, 6.45) is 5.91. The van der Waals surface area contributed by atoms with Crippen LogP contribution in [0.1, 0.15) is 44.9 Å². The maximum atomic E-state index is 12.7. The summed E-state index contributed by atoms with van der Waals surface area (Å²) in [7, 11) is 1.92. The topological polar surface area (TPSA) is 69.3 Å². The predicted octanol–water partition coefficient (Wildman–Crippen LogP) is 2.54. The molecule has 1 amide bonds. The van der Waals surface area contributed by atoms with E-state index in [-0.39, 0.29) is 11.5 Å². The summed E-state index contributed by atoms with van der Waals surface area (Å²) in [4.78, 5) is 36.2. The largest absolute Gasteiger partial charge is 0.342 e. The Hall–Kier alpha value is -2.21. The molecule has 2 aromatic rings. The van der Waals surface area contributed by atoms with Crippen molar-refractivity contribution in [3.8, 4) is 0 Å². The highest BCUT2D eigenvalue weighted by Gasteiger charge is 2.23. The molecule has 1 heterocycles. The number of rotatable bonds is 6. The van der Waals surface area contributed by atoms with Crippen molar-refractivity contribution in [2.24, 2.45) is 0 Å². The number of aromatic amines is 1. The standard InChI is InChI=1S/C20H28N4O2/c1-3-24(14-19(25)23(2)15-9-5-4-6-10-15)13-18-21-17-12-8-7-11-16(17)20(26)22-18/h7-8,11-12,15H,3-6,9-10,13-14H2,1-2H3,(H,21,22,26). The Bertz CT molecular complexity index is 811. The number of H-pyrrole nitrogens is 1. The van der Waals surface area contributed by atoms with E-state index < -0.39 is 0 Å². The van der Waals surface area contributed by atoms with E-state index in [1.54, 1.807) is 6.07 Å². The number of nitrogens with one attached hydrogen (secondary N) is 1. The van der Waals surface area contributed by atoms with E-state index >= 15 is 0 Å². The molecule has 0 bridgehead atoms. The van der Waals surface area contributed by atoms with Gasteiger partial charge in [0.05, 0.1) is 24.0 Å². The molecule has 6 heteroatoms. The number of carbonyl (C=O) groups is 1. The van der Waals surface area contributed by atoms with Gasteiger partial charge in [-0.15, -0.1) is 0 Å². The first-order valence-corrected chi connectivity index (χ1v) is 9.54. The zero-order valence-electron chi connectivity index (χ0n) is 15.7. The van der Waals surface area contributed by atoms with Gasteiger partial charge in [-0.05, 0) is 31.5 Å². The average molecular weight is 356 g/mol.